The lowest BCUT2D eigenvalue weighted by Crippen LogP contribution is -2.32. The summed E-state index contributed by atoms with van der Waals surface area (Å²) in [4.78, 5) is 13.9. The molecule has 0 aliphatic carbocycles. The van der Waals surface area contributed by atoms with Crippen LogP contribution in [0.15, 0.2) is 36.5 Å². The van der Waals surface area contributed by atoms with Gasteiger partial charge in [0.1, 0.15) is 0 Å². The normalized spacial score (nSPS) is 15.5. The molecule has 0 unspecified atom stereocenters. The molecule has 0 saturated carbocycles. The minimum atomic E-state index is 0.145. The smallest absolute Gasteiger partial charge is 0.159 e. The number of nitrogens with zero attached hydrogens (tertiary/aromatic N) is 1. The van der Waals surface area contributed by atoms with Crippen LogP contribution in [0.2, 0.25) is 0 Å². The summed E-state index contributed by atoms with van der Waals surface area (Å²) in [6.07, 6.45) is 10.2. The molecule has 1 aliphatic rings. The van der Waals surface area contributed by atoms with E-state index in [9.17, 15) is 4.79 Å². The Bertz CT molecular complexity index is 564. The van der Waals surface area contributed by atoms with E-state index >= 15 is 0 Å². The number of hydrogen-bond acceptors (Lipinski definition) is 2. The molecule has 2 rings (SSSR count). The summed E-state index contributed by atoms with van der Waals surface area (Å²) in [7, 11) is 0. The van der Waals surface area contributed by atoms with Crippen LogP contribution >= 0.6 is 0 Å². The average molecular weight is 356 g/mol. The van der Waals surface area contributed by atoms with E-state index in [0.717, 1.165) is 31.0 Å². The SMILES string of the molecule is C=C(CCCCCCC(C)C)N1CCC(c2ccc(C(C)=O)cc2)CC1. The predicted molar refractivity (Wildman–Crippen MR) is 112 cm³/mol. The topological polar surface area (TPSA) is 20.3 Å². The van der Waals surface area contributed by atoms with E-state index in [-0.39, 0.29) is 5.78 Å². The predicted octanol–water partition coefficient (Wildman–Crippen LogP) is 6.58. The largest absolute Gasteiger partial charge is 0.375 e. The molecule has 1 saturated heterocycles. The summed E-state index contributed by atoms with van der Waals surface area (Å²) in [6.45, 7) is 12.8. The molecule has 1 aromatic rings. The van der Waals surface area contributed by atoms with Crippen molar-refractivity contribution in [1.29, 1.82) is 0 Å². The lowest BCUT2D eigenvalue weighted by atomic mass is 9.88. The Morgan fingerprint density at radius 2 is 1.69 bits per heavy atom. The van der Waals surface area contributed by atoms with Gasteiger partial charge < -0.3 is 4.90 Å². The van der Waals surface area contributed by atoms with Gasteiger partial charge in [-0.2, -0.15) is 0 Å². The van der Waals surface area contributed by atoms with E-state index in [4.69, 9.17) is 0 Å². The third-order valence-corrected chi connectivity index (χ3v) is 5.73. The van der Waals surface area contributed by atoms with Crippen LogP contribution in [0, 0.1) is 5.92 Å². The van der Waals surface area contributed by atoms with Crippen LogP contribution in [-0.4, -0.2) is 23.8 Å². The van der Waals surface area contributed by atoms with E-state index in [1.807, 2.05) is 12.1 Å². The van der Waals surface area contributed by atoms with Gasteiger partial charge in [0.15, 0.2) is 5.78 Å². The first-order valence-electron chi connectivity index (χ1n) is 10.5. The molecule has 0 radical (unpaired) electrons. The number of unbranched alkanes of at least 4 members (excludes halogenated alkanes) is 3. The number of ketones is 1. The second-order valence-corrected chi connectivity index (χ2v) is 8.35. The van der Waals surface area contributed by atoms with Gasteiger partial charge in [-0.05, 0) is 50.0 Å². The van der Waals surface area contributed by atoms with Crippen LogP contribution in [0.3, 0.4) is 0 Å². The third kappa shape index (κ3) is 6.63. The number of Topliss-reactive ketones (excluding diaryl/α,β-unsaturated/α-hetero) is 1. The first kappa shape index (κ1) is 20.7. The number of piperidine rings is 1. The zero-order valence-electron chi connectivity index (χ0n) is 17.1. The Morgan fingerprint density at radius 3 is 2.27 bits per heavy atom. The van der Waals surface area contributed by atoms with Crippen molar-refractivity contribution in [2.45, 2.75) is 78.1 Å². The molecule has 2 heteroatoms. The molecule has 1 heterocycles. The molecule has 144 valence electrons. The summed E-state index contributed by atoms with van der Waals surface area (Å²) >= 11 is 0. The highest BCUT2D eigenvalue weighted by Crippen LogP contribution is 2.30. The number of carbonyl (C=O) groups excluding carboxylic acids is 1. The van der Waals surface area contributed by atoms with Crippen LogP contribution in [0.25, 0.3) is 0 Å². The summed E-state index contributed by atoms with van der Waals surface area (Å²) < 4.78 is 0. The monoisotopic (exact) mass is 355 g/mol. The van der Waals surface area contributed by atoms with Crippen LogP contribution in [-0.2, 0) is 0 Å². The van der Waals surface area contributed by atoms with Crippen molar-refractivity contribution < 1.29 is 4.79 Å². The van der Waals surface area contributed by atoms with Crippen molar-refractivity contribution in [1.82, 2.24) is 4.90 Å². The van der Waals surface area contributed by atoms with Gasteiger partial charge in [0.25, 0.3) is 0 Å². The van der Waals surface area contributed by atoms with E-state index < -0.39 is 0 Å². The minimum Gasteiger partial charge on any atom is -0.375 e. The number of benzene rings is 1. The molecule has 1 aromatic carbocycles. The quantitative estimate of drug-likeness (QED) is 0.349. The number of likely N-dealkylation sites (tertiary alicyclic amines) is 1. The van der Waals surface area contributed by atoms with Gasteiger partial charge in [-0.1, -0.05) is 70.4 Å². The van der Waals surface area contributed by atoms with Crippen LogP contribution in [0.1, 0.15) is 94.0 Å². The molecule has 26 heavy (non-hydrogen) atoms. The number of hydrogen-bond donors (Lipinski definition) is 0. The van der Waals surface area contributed by atoms with Gasteiger partial charge in [-0.3, -0.25) is 4.79 Å². The molecule has 0 aromatic heterocycles. The van der Waals surface area contributed by atoms with Gasteiger partial charge >= 0.3 is 0 Å². The molecule has 0 amide bonds. The Kier molecular flexibility index (Phi) is 8.41. The van der Waals surface area contributed by atoms with Crippen LogP contribution in [0.5, 0.6) is 0 Å². The number of allylic oxidation sites excluding steroid dienone is 1. The second-order valence-electron chi connectivity index (χ2n) is 8.35. The highest BCUT2D eigenvalue weighted by molar-refractivity contribution is 5.94. The summed E-state index contributed by atoms with van der Waals surface area (Å²) in [5, 5.41) is 0. The fourth-order valence-electron chi connectivity index (χ4n) is 3.91. The molecule has 0 spiro atoms. The van der Waals surface area contributed by atoms with E-state index in [0.29, 0.717) is 5.92 Å². The zero-order valence-corrected chi connectivity index (χ0v) is 17.1. The average Bonchev–Trinajstić information content (AvgIpc) is 2.64. The highest BCUT2D eigenvalue weighted by atomic mass is 16.1. The van der Waals surface area contributed by atoms with Crippen molar-refractivity contribution in [3.63, 3.8) is 0 Å². The fourth-order valence-corrected chi connectivity index (χ4v) is 3.91. The summed E-state index contributed by atoms with van der Waals surface area (Å²) in [5.74, 6) is 1.60. The summed E-state index contributed by atoms with van der Waals surface area (Å²) in [5.41, 5.74) is 3.53. The van der Waals surface area contributed by atoms with Gasteiger partial charge in [0.2, 0.25) is 0 Å². The molecule has 1 aliphatic heterocycles. The minimum absolute atomic E-state index is 0.145. The maximum Gasteiger partial charge on any atom is 0.159 e. The first-order chi connectivity index (χ1) is 12.5. The maximum absolute atomic E-state index is 11.4. The first-order valence-corrected chi connectivity index (χ1v) is 10.5. The van der Waals surface area contributed by atoms with Crippen molar-refractivity contribution in [2.24, 2.45) is 5.92 Å². The molecule has 1 fully saturated rings. The molecule has 0 atom stereocenters. The van der Waals surface area contributed by atoms with Crippen LogP contribution in [0.4, 0.5) is 0 Å². The second kappa shape index (κ2) is 10.5. The van der Waals surface area contributed by atoms with Gasteiger partial charge in [-0.25, -0.2) is 0 Å². The van der Waals surface area contributed by atoms with E-state index in [2.05, 4.69) is 37.5 Å². The van der Waals surface area contributed by atoms with Crippen LogP contribution < -0.4 is 0 Å². The Balaban J connectivity index is 1.67. The van der Waals surface area contributed by atoms with Gasteiger partial charge in [0.05, 0.1) is 0 Å². The van der Waals surface area contributed by atoms with Crippen molar-refractivity contribution in [3.05, 3.63) is 47.7 Å². The lowest BCUT2D eigenvalue weighted by molar-refractivity contribution is 0.101. The molecular formula is C24H37NO. The summed E-state index contributed by atoms with van der Waals surface area (Å²) in [6, 6.07) is 8.23. The Morgan fingerprint density at radius 1 is 1.08 bits per heavy atom. The van der Waals surface area contributed by atoms with E-state index in [1.54, 1.807) is 6.92 Å². The van der Waals surface area contributed by atoms with Gasteiger partial charge in [0, 0.05) is 24.4 Å². The zero-order chi connectivity index (χ0) is 18.9. The highest BCUT2D eigenvalue weighted by Gasteiger charge is 2.21. The molecular weight excluding hydrogens is 318 g/mol. The van der Waals surface area contributed by atoms with Crippen molar-refractivity contribution in [2.75, 3.05) is 13.1 Å². The fraction of sp³-hybridized carbons (Fsp3) is 0.625. The van der Waals surface area contributed by atoms with Crippen molar-refractivity contribution >= 4 is 5.78 Å². The standard InChI is InChI=1S/C24H37NO/c1-19(2)9-7-5-6-8-10-20(3)25-17-15-24(16-18-25)23-13-11-22(12-14-23)21(4)26/h11-14,19,24H,3,5-10,15-18H2,1-2,4H3. The number of rotatable bonds is 10. The lowest BCUT2D eigenvalue weighted by Gasteiger charge is -2.35. The van der Waals surface area contributed by atoms with Crippen molar-refractivity contribution in [3.8, 4) is 0 Å². The Hall–Kier alpha value is -1.57. The number of carbonyl (C=O) groups is 1. The third-order valence-electron chi connectivity index (χ3n) is 5.73. The molecule has 0 N–H and O–H groups in total. The van der Waals surface area contributed by atoms with E-state index in [1.165, 1.54) is 56.2 Å². The Labute approximate surface area is 160 Å². The molecule has 2 nitrogen and oxygen atoms in total. The maximum atomic E-state index is 11.4. The molecule has 0 bridgehead atoms. The van der Waals surface area contributed by atoms with Gasteiger partial charge in [-0.15, -0.1) is 0 Å².